The maximum Gasteiger partial charge on any atom is 0.328 e. The number of phenolic OH excluding ortho intramolecular Hbond substituents is 1. The number of aromatic hydroxyl groups is 1. The Morgan fingerprint density at radius 2 is 2.17 bits per heavy atom. The normalized spacial score (nSPS) is 11.7. The molecule has 1 unspecified atom stereocenters. The Hall–Kier alpha value is -2.11. The van der Waals surface area contributed by atoms with Crippen LogP contribution in [0.3, 0.4) is 0 Å². The number of nitrogens with one attached hydrogen (secondary N) is 1. The fourth-order valence-electron chi connectivity index (χ4n) is 1.29. The minimum atomic E-state index is -0.870. The van der Waals surface area contributed by atoms with Crippen LogP contribution in [0.25, 0.3) is 0 Å². The van der Waals surface area contributed by atoms with E-state index in [0.29, 0.717) is 0 Å². The Labute approximate surface area is 104 Å². The average Bonchev–Trinajstić information content (AvgIpc) is 2.28. The number of amides is 1. The summed E-state index contributed by atoms with van der Waals surface area (Å²) in [6.45, 7) is 3.28. The maximum absolute atomic E-state index is 13.4. The number of phenols is 1. The lowest BCUT2D eigenvalue weighted by atomic mass is 10.2. The zero-order valence-electron chi connectivity index (χ0n) is 10.1. The zero-order chi connectivity index (χ0) is 13.7. The topological polar surface area (TPSA) is 75.6 Å². The van der Waals surface area contributed by atoms with Crippen molar-refractivity contribution in [2.24, 2.45) is 0 Å². The van der Waals surface area contributed by atoms with Crippen molar-refractivity contribution in [1.82, 2.24) is 5.32 Å². The van der Waals surface area contributed by atoms with Crippen molar-refractivity contribution in [1.29, 1.82) is 0 Å². The molecule has 1 aromatic carbocycles. The minimum absolute atomic E-state index is 0.201. The van der Waals surface area contributed by atoms with E-state index >= 15 is 0 Å². The molecule has 1 amide bonds. The minimum Gasteiger partial charge on any atom is -0.508 e. The fraction of sp³-hybridized carbons (Fsp3) is 0.333. The van der Waals surface area contributed by atoms with E-state index in [0.717, 1.165) is 12.1 Å². The summed E-state index contributed by atoms with van der Waals surface area (Å²) in [5.74, 6) is -2.47. The number of ether oxygens (including phenoxy) is 1. The molecule has 0 aliphatic carbocycles. The van der Waals surface area contributed by atoms with Crippen LogP contribution in [0.15, 0.2) is 18.2 Å². The summed E-state index contributed by atoms with van der Waals surface area (Å²) in [4.78, 5) is 22.9. The molecule has 0 aliphatic rings. The molecule has 5 nitrogen and oxygen atoms in total. The summed E-state index contributed by atoms with van der Waals surface area (Å²) < 4.78 is 18.1. The first-order chi connectivity index (χ1) is 8.45. The van der Waals surface area contributed by atoms with Gasteiger partial charge in [0.2, 0.25) is 0 Å². The Morgan fingerprint density at radius 3 is 2.72 bits per heavy atom. The quantitative estimate of drug-likeness (QED) is 0.793. The summed E-state index contributed by atoms with van der Waals surface area (Å²) in [7, 11) is 0. The number of rotatable bonds is 4. The van der Waals surface area contributed by atoms with Crippen LogP contribution in [0, 0.1) is 5.82 Å². The Morgan fingerprint density at radius 1 is 1.50 bits per heavy atom. The highest BCUT2D eigenvalue weighted by Crippen LogP contribution is 2.14. The summed E-state index contributed by atoms with van der Waals surface area (Å²) in [6.07, 6.45) is 0. The van der Waals surface area contributed by atoms with Gasteiger partial charge in [-0.25, -0.2) is 9.18 Å². The zero-order valence-corrected chi connectivity index (χ0v) is 10.1. The van der Waals surface area contributed by atoms with Gasteiger partial charge in [0.1, 0.15) is 17.6 Å². The molecule has 0 fully saturated rings. The molecule has 1 atom stereocenters. The van der Waals surface area contributed by atoms with Crippen LogP contribution in [0.1, 0.15) is 24.2 Å². The number of hydrogen-bond donors (Lipinski definition) is 2. The van der Waals surface area contributed by atoms with Gasteiger partial charge in [-0.05, 0) is 26.0 Å². The van der Waals surface area contributed by atoms with Crippen molar-refractivity contribution < 1.29 is 23.8 Å². The molecular formula is C12H14FNO4. The molecule has 0 saturated heterocycles. The third-order valence-corrected chi connectivity index (χ3v) is 2.19. The van der Waals surface area contributed by atoms with E-state index in [1.54, 1.807) is 6.92 Å². The summed E-state index contributed by atoms with van der Waals surface area (Å²) in [5.41, 5.74) is -0.246. The maximum atomic E-state index is 13.4. The van der Waals surface area contributed by atoms with Gasteiger partial charge < -0.3 is 15.2 Å². The van der Waals surface area contributed by atoms with Crippen molar-refractivity contribution in [3.63, 3.8) is 0 Å². The fourth-order valence-corrected chi connectivity index (χ4v) is 1.29. The number of carbonyl (C=O) groups excluding carboxylic acids is 2. The first kappa shape index (κ1) is 14.0. The predicted molar refractivity (Wildman–Crippen MR) is 61.6 cm³/mol. The SMILES string of the molecule is CCOC(=O)C(C)NC(=O)c1ccc(O)cc1F. The van der Waals surface area contributed by atoms with Crippen LogP contribution >= 0.6 is 0 Å². The molecule has 6 heteroatoms. The molecule has 0 saturated carbocycles. The van der Waals surface area contributed by atoms with Crippen molar-refractivity contribution in [3.8, 4) is 5.75 Å². The van der Waals surface area contributed by atoms with Crippen LogP contribution in [0.2, 0.25) is 0 Å². The Kier molecular flexibility index (Phi) is 4.65. The number of benzene rings is 1. The van der Waals surface area contributed by atoms with E-state index in [2.05, 4.69) is 5.32 Å². The van der Waals surface area contributed by atoms with Gasteiger partial charge >= 0.3 is 5.97 Å². The smallest absolute Gasteiger partial charge is 0.328 e. The van der Waals surface area contributed by atoms with Gasteiger partial charge in [-0.3, -0.25) is 4.79 Å². The van der Waals surface area contributed by atoms with Crippen LogP contribution in [-0.4, -0.2) is 29.6 Å². The molecule has 0 aliphatic heterocycles. The third kappa shape index (κ3) is 3.44. The second-order valence-electron chi connectivity index (χ2n) is 3.61. The van der Waals surface area contributed by atoms with E-state index in [1.807, 2.05) is 0 Å². The van der Waals surface area contributed by atoms with Gasteiger partial charge in [-0.1, -0.05) is 0 Å². The first-order valence-electron chi connectivity index (χ1n) is 5.41. The Balaban J connectivity index is 2.73. The molecule has 0 radical (unpaired) electrons. The van der Waals surface area contributed by atoms with E-state index in [1.165, 1.54) is 13.0 Å². The average molecular weight is 255 g/mol. The highest BCUT2D eigenvalue weighted by atomic mass is 19.1. The van der Waals surface area contributed by atoms with Gasteiger partial charge in [-0.2, -0.15) is 0 Å². The largest absolute Gasteiger partial charge is 0.508 e. The first-order valence-corrected chi connectivity index (χ1v) is 5.41. The molecule has 18 heavy (non-hydrogen) atoms. The third-order valence-electron chi connectivity index (χ3n) is 2.19. The van der Waals surface area contributed by atoms with Gasteiger partial charge in [0, 0.05) is 6.07 Å². The Bertz CT molecular complexity index is 461. The number of carbonyl (C=O) groups is 2. The number of hydrogen-bond acceptors (Lipinski definition) is 4. The van der Waals surface area contributed by atoms with Crippen LogP contribution in [0.5, 0.6) is 5.75 Å². The summed E-state index contributed by atoms with van der Waals surface area (Å²) >= 11 is 0. The molecule has 0 aromatic heterocycles. The molecule has 0 heterocycles. The molecular weight excluding hydrogens is 241 g/mol. The van der Waals surface area contributed by atoms with E-state index in [9.17, 15) is 14.0 Å². The van der Waals surface area contributed by atoms with E-state index in [4.69, 9.17) is 9.84 Å². The van der Waals surface area contributed by atoms with Crippen molar-refractivity contribution in [2.45, 2.75) is 19.9 Å². The van der Waals surface area contributed by atoms with Gasteiger partial charge in [0.05, 0.1) is 12.2 Å². The lowest BCUT2D eigenvalue weighted by Crippen LogP contribution is -2.39. The van der Waals surface area contributed by atoms with E-state index < -0.39 is 23.7 Å². The van der Waals surface area contributed by atoms with E-state index in [-0.39, 0.29) is 17.9 Å². The summed E-state index contributed by atoms with van der Waals surface area (Å²) in [6, 6.07) is 2.28. The number of esters is 1. The molecule has 2 N–H and O–H groups in total. The lowest BCUT2D eigenvalue weighted by molar-refractivity contribution is -0.144. The van der Waals surface area contributed by atoms with Crippen molar-refractivity contribution in [2.75, 3.05) is 6.61 Å². The molecule has 0 bridgehead atoms. The van der Waals surface area contributed by atoms with Crippen molar-refractivity contribution >= 4 is 11.9 Å². The molecule has 98 valence electrons. The van der Waals surface area contributed by atoms with Gasteiger partial charge in [-0.15, -0.1) is 0 Å². The highest BCUT2D eigenvalue weighted by Gasteiger charge is 2.19. The van der Waals surface area contributed by atoms with Gasteiger partial charge in [0.15, 0.2) is 0 Å². The second-order valence-corrected chi connectivity index (χ2v) is 3.61. The van der Waals surface area contributed by atoms with Crippen LogP contribution in [-0.2, 0) is 9.53 Å². The van der Waals surface area contributed by atoms with Crippen LogP contribution in [0.4, 0.5) is 4.39 Å². The second kappa shape index (κ2) is 6.00. The monoisotopic (exact) mass is 255 g/mol. The molecule has 1 rings (SSSR count). The summed E-state index contributed by atoms with van der Waals surface area (Å²) in [5, 5.41) is 11.3. The highest BCUT2D eigenvalue weighted by molar-refractivity contribution is 5.97. The lowest BCUT2D eigenvalue weighted by Gasteiger charge is -2.12. The standard InChI is InChI=1S/C12H14FNO4/c1-3-18-12(17)7(2)14-11(16)9-5-4-8(15)6-10(9)13/h4-7,15H,3H2,1-2H3,(H,14,16). The number of halogens is 1. The molecule has 0 spiro atoms. The predicted octanol–water partition coefficient (Wildman–Crippen LogP) is 1.21. The van der Waals surface area contributed by atoms with Gasteiger partial charge in [0.25, 0.3) is 5.91 Å². The van der Waals surface area contributed by atoms with Crippen LogP contribution < -0.4 is 5.32 Å². The molecule has 1 aromatic rings. The van der Waals surface area contributed by atoms with Crippen molar-refractivity contribution in [3.05, 3.63) is 29.6 Å².